The molecule has 1 aromatic rings. The molecule has 0 saturated heterocycles. The fourth-order valence-electron chi connectivity index (χ4n) is 2.95. The van der Waals surface area contributed by atoms with Gasteiger partial charge in [0, 0.05) is 6.04 Å². The summed E-state index contributed by atoms with van der Waals surface area (Å²) >= 11 is 0. The Hall–Kier alpha value is -1.65. The lowest BCUT2D eigenvalue weighted by Gasteiger charge is -2.20. The van der Waals surface area contributed by atoms with Crippen molar-refractivity contribution in [1.82, 2.24) is 4.72 Å². The van der Waals surface area contributed by atoms with Gasteiger partial charge in [-0.1, -0.05) is 6.42 Å². The number of hydrogen-bond donors (Lipinski definition) is 2. The topological polar surface area (TPSA) is 98.5 Å². The summed E-state index contributed by atoms with van der Waals surface area (Å²) in [7, 11) is -3.23. The summed E-state index contributed by atoms with van der Waals surface area (Å²) in [5.74, 6) is -1.24. The van der Waals surface area contributed by atoms with E-state index in [-0.39, 0.29) is 5.92 Å². The average Bonchev–Trinajstić information content (AvgIpc) is 2.99. The minimum absolute atomic E-state index is 0.0498. The highest BCUT2D eigenvalue weighted by Gasteiger charge is 2.37. The van der Waals surface area contributed by atoms with Crippen molar-refractivity contribution in [2.45, 2.75) is 36.4 Å². The molecule has 25 heavy (non-hydrogen) atoms. The summed E-state index contributed by atoms with van der Waals surface area (Å²) in [5.41, 5.74) is 3.50. The van der Waals surface area contributed by atoms with Crippen LogP contribution >= 0.6 is 0 Å². The number of carbonyl (C=O) groups is 1. The molecular weight excluding hydrogens is 361 g/mol. The van der Waals surface area contributed by atoms with Crippen molar-refractivity contribution < 1.29 is 31.1 Å². The predicted octanol–water partition coefficient (Wildman–Crippen LogP) is 1.90. The zero-order valence-corrected chi connectivity index (χ0v) is 14.3. The zero-order chi connectivity index (χ0) is 18.8. The highest BCUT2D eigenvalue weighted by atomic mass is 32.2. The van der Waals surface area contributed by atoms with Gasteiger partial charge in [-0.25, -0.2) is 17.9 Å². The quantitative estimate of drug-likeness (QED) is 0.761. The van der Waals surface area contributed by atoms with E-state index < -0.39 is 44.2 Å². The number of esters is 1. The SMILES string of the molecule is COC(=O)c1ccc(S(=O)(=O)NC2CCCC2CN)cc1C(F)(F)F. The smallest absolute Gasteiger partial charge is 0.417 e. The van der Waals surface area contributed by atoms with Crippen molar-refractivity contribution in [2.75, 3.05) is 13.7 Å². The van der Waals surface area contributed by atoms with Gasteiger partial charge in [-0.15, -0.1) is 0 Å². The molecule has 0 aliphatic heterocycles. The first-order valence-electron chi connectivity index (χ1n) is 7.62. The first-order valence-corrected chi connectivity index (χ1v) is 9.10. The number of sulfonamides is 1. The Bertz CT molecular complexity index is 750. The van der Waals surface area contributed by atoms with Crippen LogP contribution in [-0.4, -0.2) is 34.1 Å². The molecule has 2 unspecified atom stereocenters. The molecule has 0 amide bonds. The summed E-state index contributed by atoms with van der Waals surface area (Å²) in [5, 5.41) is 0. The van der Waals surface area contributed by atoms with Crippen LogP contribution in [0.25, 0.3) is 0 Å². The lowest BCUT2D eigenvalue weighted by molar-refractivity contribution is -0.138. The molecule has 140 valence electrons. The van der Waals surface area contributed by atoms with Crippen LogP contribution in [0.4, 0.5) is 13.2 Å². The molecule has 3 N–H and O–H groups in total. The summed E-state index contributed by atoms with van der Waals surface area (Å²) in [4.78, 5) is 10.9. The lowest BCUT2D eigenvalue weighted by Crippen LogP contribution is -2.39. The van der Waals surface area contributed by atoms with E-state index in [4.69, 9.17) is 5.73 Å². The maximum atomic E-state index is 13.2. The molecule has 10 heteroatoms. The third-order valence-corrected chi connectivity index (χ3v) is 5.77. The Morgan fingerprint density at radius 2 is 2.04 bits per heavy atom. The minimum atomic E-state index is -4.90. The largest absolute Gasteiger partial charge is 0.465 e. The van der Waals surface area contributed by atoms with Gasteiger partial charge in [0.15, 0.2) is 0 Å². The summed E-state index contributed by atoms with van der Waals surface area (Å²) in [6.45, 7) is 0.294. The van der Waals surface area contributed by atoms with Gasteiger partial charge in [0.25, 0.3) is 0 Å². The van der Waals surface area contributed by atoms with Crippen molar-refractivity contribution in [3.8, 4) is 0 Å². The van der Waals surface area contributed by atoms with Gasteiger partial charge in [0.2, 0.25) is 10.0 Å². The fraction of sp³-hybridized carbons (Fsp3) is 0.533. The number of benzene rings is 1. The number of rotatable bonds is 5. The van der Waals surface area contributed by atoms with E-state index in [2.05, 4.69) is 9.46 Å². The van der Waals surface area contributed by atoms with E-state index in [1.165, 1.54) is 0 Å². The van der Waals surface area contributed by atoms with Crippen molar-refractivity contribution in [3.05, 3.63) is 29.3 Å². The molecule has 1 aliphatic carbocycles. The van der Waals surface area contributed by atoms with Crippen LogP contribution in [0.3, 0.4) is 0 Å². The predicted molar refractivity (Wildman–Crippen MR) is 83.3 cm³/mol. The molecule has 2 atom stereocenters. The van der Waals surface area contributed by atoms with Gasteiger partial charge in [0.05, 0.1) is 23.1 Å². The molecule has 0 aromatic heterocycles. The van der Waals surface area contributed by atoms with Crippen LogP contribution in [0.5, 0.6) is 0 Å². The van der Waals surface area contributed by atoms with Gasteiger partial charge in [-0.3, -0.25) is 0 Å². The Kier molecular flexibility index (Phi) is 5.75. The minimum Gasteiger partial charge on any atom is -0.465 e. The van der Waals surface area contributed by atoms with Crippen LogP contribution < -0.4 is 10.5 Å². The highest BCUT2D eigenvalue weighted by molar-refractivity contribution is 7.89. The Labute approximate surface area is 143 Å². The van der Waals surface area contributed by atoms with Crippen molar-refractivity contribution in [2.24, 2.45) is 11.7 Å². The van der Waals surface area contributed by atoms with E-state index in [1.54, 1.807) is 0 Å². The third kappa shape index (κ3) is 4.31. The van der Waals surface area contributed by atoms with Crippen molar-refractivity contribution in [1.29, 1.82) is 0 Å². The lowest BCUT2D eigenvalue weighted by atomic mass is 10.1. The molecule has 0 radical (unpaired) electrons. The number of carbonyl (C=O) groups excluding carboxylic acids is 1. The van der Waals surface area contributed by atoms with Gasteiger partial charge < -0.3 is 10.5 Å². The number of alkyl halides is 3. The van der Waals surface area contributed by atoms with Crippen molar-refractivity contribution in [3.63, 3.8) is 0 Å². The van der Waals surface area contributed by atoms with Gasteiger partial charge >= 0.3 is 12.1 Å². The molecule has 1 aromatic carbocycles. The summed E-state index contributed by atoms with van der Waals surface area (Å²) in [6.07, 6.45) is -2.77. The van der Waals surface area contributed by atoms with Gasteiger partial charge in [0.1, 0.15) is 0 Å². The van der Waals surface area contributed by atoms with E-state index >= 15 is 0 Å². The third-order valence-electron chi connectivity index (χ3n) is 4.28. The second kappa shape index (κ2) is 7.30. The molecule has 6 nitrogen and oxygen atoms in total. The number of nitrogens with two attached hydrogens (primary N) is 1. The van der Waals surface area contributed by atoms with E-state index in [0.717, 1.165) is 32.1 Å². The second-order valence-electron chi connectivity index (χ2n) is 5.85. The standard InChI is InChI=1S/C15H19F3N2O4S/c1-24-14(21)11-6-5-10(7-12(11)15(16,17)18)25(22,23)20-13-4-2-3-9(13)8-19/h5-7,9,13,20H,2-4,8,19H2,1H3. The number of ether oxygens (including phenoxy) is 1. The monoisotopic (exact) mass is 380 g/mol. The second-order valence-corrected chi connectivity index (χ2v) is 7.57. The zero-order valence-electron chi connectivity index (χ0n) is 13.5. The van der Waals surface area contributed by atoms with E-state index in [9.17, 15) is 26.4 Å². The maximum Gasteiger partial charge on any atom is 0.417 e. The van der Waals surface area contributed by atoms with Crippen LogP contribution in [-0.2, 0) is 20.9 Å². The van der Waals surface area contributed by atoms with Gasteiger partial charge in [-0.05, 0) is 43.5 Å². The molecule has 1 fully saturated rings. The van der Waals surface area contributed by atoms with Crippen LogP contribution in [0.15, 0.2) is 23.1 Å². The molecule has 2 rings (SSSR count). The fourth-order valence-corrected chi connectivity index (χ4v) is 4.32. The maximum absolute atomic E-state index is 13.2. The van der Waals surface area contributed by atoms with Crippen LogP contribution in [0, 0.1) is 5.92 Å². The Balaban J connectivity index is 2.40. The number of nitrogens with one attached hydrogen (secondary N) is 1. The highest BCUT2D eigenvalue weighted by Crippen LogP contribution is 2.34. The molecule has 0 bridgehead atoms. The van der Waals surface area contributed by atoms with E-state index in [1.807, 2.05) is 0 Å². The molecule has 1 aliphatic rings. The number of methoxy groups -OCH3 is 1. The first kappa shape index (κ1) is 19.7. The van der Waals surface area contributed by atoms with Crippen LogP contribution in [0.1, 0.15) is 35.2 Å². The number of hydrogen-bond acceptors (Lipinski definition) is 5. The normalized spacial score (nSPS) is 21.3. The Morgan fingerprint density at radius 3 is 2.60 bits per heavy atom. The van der Waals surface area contributed by atoms with Crippen molar-refractivity contribution >= 4 is 16.0 Å². The molecule has 1 saturated carbocycles. The Morgan fingerprint density at radius 1 is 1.36 bits per heavy atom. The summed E-state index contributed by atoms with van der Waals surface area (Å²) < 4.78 is 71.2. The molecule has 0 heterocycles. The van der Waals surface area contributed by atoms with Gasteiger partial charge in [-0.2, -0.15) is 13.2 Å². The number of halogens is 3. The van der Waals surface area contributed by atoms with Crippen LogP contribution in [0.2, 0.25) is 0 Å². The molecular formula is C15H19F3N2O4S. The van der Waals surface area contributed by atoms with E-state index in [0.29, 0.717) is 19.0 Å². The first-order chi connectivity index (χ1) is 11.6. The average molecular weight is 380 g/mol. The molecule has 0 spiro atoms. The summed E-state index contributed by atoms with van der Waals surface area (Å²) in [6, 6.07) is 1.79.